The summed E-state index contributed by atoms with van der Waals surface area (Å²) in [4.78, 5) is 28.3. The number of ether oxygens (including phenoxy) is 1. The Labute approximate surface area is 115 Å². The summed E-state index contributed by atoms with van der Waals surface area (Å²) < 4.78 is 5.97. The van der Waals surface area contributed by atoms with Gasteiger partial charge in [-0.2, -0.15) is 5.10 Å². The summed E-state index contributed by atoms with van der Waals surface area (Å²) in [5.41, 5.74) is -0.0434. The highest BCUT2D eigenvalue weighted by atomic mass is 16.5. The smallest absolute Gasteiger partial charge is 0.257 e. The molecule has 1 aromatic rings. The van der Waals surface area contributed by atoms with Gasteiger partial charge >= 0.3 is 0 Å². The number of hydrogen-bond acceptors (Lipinski definition) is 4. The Morgan fingerprint density at radius 2 is 2.40 bits per heavy atom. The fourth-order valence-electron chi connectivity index (χ4n) is 3.73. The summed E-state index contributed by atoms with van der Waals surface area (Å²) in [5.74, 6) is 0.0174. The number of aromatic nitrogens is 2. The van der Waals surface area contributed by atoms with Crippen LogP contribution in [0.4, 0.5) is 0 Å². The summed E-state index contributed by atoms with van der Waals surface area (Å²) in [7, 11) is 0. The Morgan fingerprint density at radius 3 is 3.20 bits per heavy atom. The summed E-state index contributed by atoms with van der Waals surface area (Å²) in [6.07, 6.45) is 5.04. The maximum absolute atomic E-state index is 12.5. The number of carbonyl (C=O) groups excluding carboxylic acids is 2. The number of nitrogens with one attached hydrogen (secondary N) is 1. The maximum atomic E-state index is 12.5. The van der Waals surface area contributed by atoms with Crippen LogP contribution in [0.1, 0.15) is 29.6 Å². The second-order valence-electron chi connectivity index (χ2n) is 5.55. The van der Waals surface area contributed by atoms with Gasteiger partial charge in [0.05, 0.1) is 30.8 Å². The van der Waals surface area contributed by atoms with Gasteiger partial charge < -0.3 is 14.5 Å². The predicted octanol–water partition coefficient (Wildman–Crippen LogP) is -0.0269. The monoisotopic (exact) mass is 276 g/mol. The van der Waals surface area contributed by atoms with Crippen LogP contribution in [0, 0.1) is 0 Å². The van der Waals surface area contributed by atoms with Gasteiger partial charge in [-0.1, -0.05) is 0 Å². The predicted molar refractivity (Wildman–Crippen MR) is 67.7 cm³/mol. The van der Waals surface area contributed by atoms with Crippen molar-refractivity contribution in [3.63, 3.8) is 0 Å². The van der Waals surface area contributed by atoms with Crippen LogP contribution in [0.5, 0.6) is 0 Å². The van der Waals surface area contributed by atoms with Crippen molar-refractivity contribution in [1.82, 2.24) is 20.0 Å². The van der Waals surface area contributed by atoms with Gasteiger partial charge in [0.15, 0.2) is 5.72 Å². The molecule has 1 N–H and O–H groups in total. The van der Waals surface area contributed by atoms with Gasteiger partial charge in [0.1, 0.15) is 0 Å². The third-order valence-corrected chi connectivity index (χ3v) is 4.62. The van der Waals surface area contributed by atoms with E-state index in [0.29, 0.717) is 31.6 Å². The number of nitrogens with zero attached hydrogens (tertiary/aromatic N) is 3. The van der Waals surface area contributed by atoms with Crippen molar-refractivity contribution >= 4 is 11.8 Å². The lowest BCUT2D eigenvalue weighted by Gasteiger charge is -2.42. The third-order valence-electron chi connectivity index (χ3n) is 4.62. The first kappa shape index (κ1) is 11.9. The Bertz CT molecular complexity index is 558. The molecular weight excluding hydrogens is 260 g/mol. The molecular formula is C13H16N4O3. The summed E-state index contributed by atoms with van der Waals surface area (Å²) in [6.45, 7) is 2.02. The lowest BCUT2D eigenvalue weighted by Crippen LogP contribution is -2.56. The first-order valence-electron chi connectivity index (χ1n) is 6.96. The number of hydrogen-bond donors (Lipinski definition) is 1. The van der Waals surface area contributed by atoms with E-state index in [9.17, 15) is 9.59 Å². The number of carbonyl (C=O) groups is 2. The molecule has 0 radical (unpaired) electrons. The zero-order valence-electron chi connectivity index (χ0n) is 11.0. The Kier molecular flexibility index (Phi) is 2.41. The number of likely N-dealkylation sites (tertiary alicyclic amines) is 1. The molecule has 3 fully saturated rings. The molecule has 1 aromatic heterocycles. The summed E-state index contributed by atoms with van der Waals surface area (Å²) >= 11 is 0. The molecule has 7 nitrogen and oxygen atoms in total. The molecule has 20 heavy (non-hydrogen) atoms. The SMILES string of the molecule is O=C(c1cn[nH]c1)N1CC[C@@]23OCCCN2C(=O)C[C@@H]13. The van der Waals surface area contributed by atoms with E-state index in [1.165, 1.54) is 6.20 Å². The topological polar surface area (TPSA) is 78.5 Å². The molecule has 0 unspecified atom stereocenters. The quantitative estimate of drug-likeness (QED) is 0.781. The minimum absolute atomic E-state index is 0.0792. The average Bonchev–Trinajstić information content (AvgIpc) is 3.13. The fraction of sp³-hybridized carbons (Fsp3) is 0.615. The minimum Gasteiger partial charge on any atom is -0.353 e. The molecule has 7 heteroatoms. The minimum atomic E-state index is -0.575. The van der Waals surface area contributed by atoms with Crippen LogP contribution in [0.3, 0.4) is 0 Å². The maximum Gasteiger partial charge on any atom is 0.257 e. The first-order valence-corrected chi connectivity index (χ1v) is 6.96. The average molecular weight is 276 g/mol. The van der Waals surface area contributed by atoms with Crippen LogP contribution in [-0.4, -0.2) is 63.3 Å². The molecule has 0 aliphatic carbocycles. The zero-order valence-corrected chi connectivity index (χ0v) is 11.0. The zero-order chi connectivity index (χ0) is 13.7. The lowest BCUT2D eigenvalue weighted by molar-refractivity contribution is -0.179. The molecule has 3 aliphatic rings. The Hall–Kier alpha value is -1.89. The van der Waals surface area contributed by atoms with Gasteiger partial charge in [0.2, 0.25) is 5.91 Å². The van der Waals surface area contributed by atoms with Crippen LogP contribution < -0.4 is 0 Å². The number of rotatable bonds is 1. The fourth-order valence-corrected chi connectivity index (χ4v) is 3.73. The van der Waals surface area contributed by atoms with Crippen molar-refractivity contribution in [2.75, 3.05) is 19.7 Å². The number of amides is 2. The van der Waals surface area contributed by atoms with Crippen molar-refractivity contribution in [2.45, 2.75) is 31.0 Å². The van der Waals surface area contributed by atoms with E-state index in [1.807, 2.05) is 4.90 Å². The van der Waals surface area contributed by atoms with E-state index in [2.05, 4.69) is 10.2 Å². The van der Waals surface area contributed by atoms with Gasteiger partial charge in [-0.3, -0.25) is 14.7 Å². The normalized spacial score (nSPS) is 32.4. The third kappa shape index (κ3) is 1.41. The van der Waals surface area contributed by atoms with Gasteiger partial charge in [0.25, 0.3) is 5.91 Å². The molecule has 4 rings (SSSR count). The molecule has 0 aromatic carbocycles. The van der Waals surface area contributed by atoms with E-state index in [4.69, 9.17) is 4.74 Å². The highest BCUT2D eigenvalue weighted by Crippen LogP contribution is 2.45. The molecule has 2 amide bonds. The number of aromatic amines is 1. The van der Waals surface area contributed by atoms with Crippen molar-refractivity contribution in [1.29, 1.82) is 0 Å². The molecule has 0 saturated carbocycles. The molecule has 1 spiro atoms. The first-order chi connectivity index (χ1) is 9.72. The molecule has 106 valence electrons. The van der Waals surface area contributed by atoms with E-state index in [-0.39, 0.29) is 17.9 Å². The van der Waals surface area contributed by atoms with Crippen molar-refractivity contribution in [2.24, 2.45) is 0 Å². The van der Waals surface area contributed by atoms with E-state index >= 15 is 0 Å². The second kappa shape index (κ2) is 4.05. The van der Waals surface area contributed by atoms with E-state index in [1.54, 1.807) is 11.1 Å². The molecule has 4 heterocycles. The highest BCUT2D eigenvalue weighted by molar-refractivity contribution is 5.95. The lowest BCUT2D eigenvalue weighted by atomic mass is 10.0. The van der Waals surface area contributed by atoms with E-state index < -0.39 is 5.72 Å². The van der Waals surface area contributed by atoms with Crippen molar-refractivity contribution < 1.29 is 14.3 Å². The second-order valence-corrected chi connectivity index (χ2v) is 5.55. The van der Waals surface area contributed by atoms with Crippen LogP contribution in [0.15, 0.2) is 12.4 Å². The van der Waals surface area contributed by atoms with Crippen molar-refractivity contribution in [3.05, 3.63) is 18.0 Å². The molecule has 0 bridgehead atoms. The van der Waals surface area contributed by atoms with Gasteiger partial charge in [-0.25, -0.2) is 0 Å². The van der Waals surface area contributed by atoms with Gasteiger partial charge in [-0.05, 0) is 6.42 Å². The Morgan fingerprint density at radius 1 is 1.50 bits per heavy atom. The van der Waals surface area contributed by atoms with E-state index in [0.717, 1.165) is 13.0 Å². The van der Waals surface area contributed by atoms with Gasteiger partial charge in [0, 0.05) is 25.7 Å². The summed E-state index contributed by atoms with van der Waals surface area (Å²) in [5, 5.41) is 6.46. The molecule has 2 atom stereocenters. The Balaban J connectivity index is 1.66. The standard InChI is InChI=1S/C13H16N4O3/c18-11-6-10-13(17(11)3-1-5-20-13)2-4-16(10)12(19)9-7-14-15-8-9/h7-8,10H,1-6H2,(H,14,15)/t10-,13+/m1/s1. The van der Waals surface area contributed by atoms with Crippen molar-refractivity contribution in [3.8, 4) is 0 Å². The largest absolute Gasteiger partial charge is 0.353 e. The number of H-pyrrole nitrogens is 1. The van der Waals surface area contributed by atoms with Crippen LogP contribution >= 0.6 is 0 Å². The molecule has 3 aliphatic heterocycles. The van der Waals surface area contributed by atoms with Crippen LogP contribution in [-0.2, 0) is 9.53 Å². The van der Waals surface area contributed by atoms with Crippen LogP contribution in [0.2, 0.25) is 0 Å². The summed E-state index contributed by atoms with van der Waals surface area (Å²) in [6, 6.07) is -0.169. The van der Waals surface area contributed by atoms with Gasteiger partial charge in [-0.15, -0.1) is 0 Å². The molecule has 3 saturated heterocycles. The van der Waals surface area contributed by atoms with Crippen LogP contribution in [0.25, 0.3) is 0 Å². The highest BCUT2D eigenvalue weighted by Gasteiger charge is 2.61.